The summed E-state index contributed by atoms with van der Waals surface area (Å²) in [6.07, 6.45) is -0.400. The lowest BCUT2D eigenvalue weighted by Crippen LogP contribution is -2.50. The van der Waals surface area contributed by atoms with Crippen LogP contribution < -0.4 is 19.3 Å². The van der Waals surface area contributed by atoms with Gasteiger partial charge in [-0.1, -0.05) is 35.4 Å². The highest BCUT2D eigenvalue weighted by Crippen LogP contribution is 2.47. The number of nitrogens with zero attached hydrogens (tertiary/aromatic N) is 3. The maximum atomic E-state index is 13.0. The number of hydroxylamine groups is 2. The molecule has 0 spiro atoms. The summed E-state index contributed by atoms with van der Waals surface area (Å²) in [6, 6.07) is 25.3. The number of fused-ring (bicyclic) bond motifs is 1. The van der Waals surface area contributed by atoms with Gasteiger partial charge in [0.05, 0.1) is 20.8 Å². The summed E-state index contributed by atoms with van der Waals surface area (Å²) < 4.78 is 10.6. The first-order valence-corrected chi connectivity index (χ1v) is 10.0. The lowest BCUT2D eigenvalue weighted by molar-refractivity contribution is -0.105. The Kier molecular flexibility index (Phi) is 4.67. The monoisotopic (exact) mass is 417 g/mol. The average Bonchev–Trinajstić information content (AvgIpc) is 3.32. The lowest BCUT2D eigenvalue weighted by Gasteiger charge is -2.35. The molecular formula is C24H23N3O4. The normalized spacial score (nSPS) is 20.5. The van der Waals surface area contributed by atoms with E-state index in [0.29, 0.717) is 13.2 Å². The molecule has 0 bridgehead atoms. The van der Waals surface area contributed by atoms with Gasteiger partial charge in [-0.15, -0.1) is 0 Å². The summed E-state index contributed by atoms with van der Waals surface area (Å²) in [4.78, 5) is 22.7. The maximum Gasteiger partial charge on any atom is 0.435 e. The van der Waals surface area contributed by atoms with Crippen molar-refractivity contribution in [3.63, 3.8) is 0 Å². The van der Waals surface area contributed by atoms with E-state index in [0.717, 1.165) is 28.4 Å². The zero-order valence-electron chi connectivity index (χ0n) is 17.4. The molecule has 7 nitrogen and oxygen atoms in total. The first-order valence-electron chi connectivity index (χ1n) is 10.0. The van der Waals surface area contributed by atoms with Crippen molar-refractivity contribution in [2.75, 3.05) is 37.2 Å². The number of amides is 1. The van der Waals surface area contributed by atoms with E-state index in [-0.39, 0.29) is 0 Å². The molecule has 1 amide bonds. The first-order chi connectivity index (χ1) is 15.2. The van der Waals surface area contributed by atoms with Crippen LogP contribution in [-0.4, -0.2) is 38.6 Å². The summed E-state index contributed by atoms with van der Waals surface area (Å²) in [7, 11) is 3.27. The minimum Gasteiger partial charge on any atom is -0.497 e. The number of rotatable bonds is 5. The van der Waals surface area contributed by atoms with Crippen LogP contribution in [0.3, 0.4) is 0 Å². The van der Waals surface area contributed by atoms with Gasteiger partial charge in [0.1, 0.15) is 18.2 Å². The Balaban J connectivity index is 1.59. The molecule has 0 saturated carbocycles. The molecule has 7 heteroatoms. The molecule has 0 aromatic heterocycles. The van der Waals surface area contributed by atoms with Crippen molar-refractivity contribution in [1.29, 1.82) is 0 Å². The summed E-state index contributed by atoms with van der Waals surface area (Å²) in [6.45, 7) is 0.987. The van der Waals surface area contributed by atoms with E-state index >= 15 is 0 Å². The Bertz CT molecular complexity index is 1070. The number of hydrogen-bond donors (Lipinski definition) is 0. The molecule has 1 atom stereocenters. The van der Waals surface area contributed by atoms with Gasteiger partial charge in [-0.05, 0) is 54.1 Å². The van der Waals surface area contributed by atoms with Crippen LogP contribution in [-0.2, 0) is 10.5 Å². The molecule has 2 heterocycles. The van der Waals surface area contributed by atoms with Crippen molar-refractivity contribution in [1.82, 2.24) is 5.06 Å². The van der Waals surface area contributed by atoms with Crippen LogP contribution in [0.25, 0.3) is 0 Å². The predicted molar refractivity (Wildman–Crippen MR) is 117 cm³/mol. The number of ether oxygens (including phenoxy) is 2. The second-order valence-electron chi connectivity index (χ2n) is 7.49. The summed E-state index contributed by atoms with van der Waals surface area (Å²) in [5.41, 5.74) is 1.95. The quantitative estimate of drug-likeness (QED) is 0.620. The zero-order chi connectivity index (χ0) is 21.4. The average molecular weight is 417 g/mol. The molecule has 2 aliphatic heterocycles. The number of carbonyl (C=O) groups is 1. The van der Waals surface area contributed by atoms with E-state index in [1.807, 2.05) is 78.9 Å². The van der Waals surface area contributed by atoms with Gasteiger partial charge < -0.3 is 19.2 Å². The molecule has 5 rings (SSSR count). The van der Waals surface area contributed by atoms with Crippen molar-refractivity contribution in [2.45, 2.75) is 5.66 Å². The van der Waals surface area contributed by atoms with Crippen LogP contribution in [0.15, 0.2) is 78.9 Å². The molecule has 3 aromatic carbocycles. The summed E-state index contributed by atoms with van der Waals surface area (Å²) in [5, 5.41) is 1.76. The van der Waals surface area contributed by atoms with Gasteiger partial charge >= 0.3 is 6.09 Å². The van der Waals surface area contributed by atoms with Crippen molar-refractivity contribution >= 4 is 17.5 Å². The molecule has 2 aliphatic rings. The molecule has 31 heavy (non-hydrogen) atoms. The smallest absolute Gasteiger partial charge is 0.435 e. The van der Waals surface area contributed by atoms with Crippen molar-refractivity contribution in [2.24, 2.45) is 0 Å². The number of benzene rings is 3. The minimum atomic E-state index is -0.799. The Morgan fingerprint density at radius 2 is 1.39 bits per heavy atom. The van der Waals surface area contributed by atoms with Gasteiger partial charge in [0.15, 0.2) is 5.66 Å². The molecule has 158 valence electrons. The summed E-state index contributed by atoms with van der Waals surface area (Å²) >= 11 is 0. The van der Waals surface area contributed by atoms with Crippen LogP contribution >= 0.6 is 0 Å². The highest BCUT2D eigenvalue weighted by molar-refractivity contribution is 5.92. The van der Waals surface area contributed by atoms with Gasteiger partial charge in [-0.3, -0.25) is 0 Å². The van der Waals surface area contributed by atoms with Crippen molar-refractivity contribution in [3.05, 3.63) is 84.4 Å². The van der Waals surface area contributed by atoms with E-state index in [2.05, 4.69) is 4.90 Å². The first kappa shape index (κ1) is 19.3. The number of methoxy groups -OCH3 is 2. The van der Waals surface area contributed by atoms with Crippen molar-refractivity contribution in [3.8, 4) is 11.5 Å². The highest BCUT2D eigenvalue weighted by Gasteiger charge is 2.61. The van der Waals surface area contributed by atoms with Gasteiger partial charge in [-0.25, -0.2) is 9.69 Å². The molecule has 0 aliphatic carbocycles. The largest absolute Gasteiger partial charge is 0.497 e. The van der Waals surface area contributed by atoms with Crippen LogP contribution in [0, 0.1) is 0 Å². The Hall–Kier alpha value is -3.71. The molecule has 0 unspecified atom stereocenters. The van der Waals surface area contributed by atoms with E-state index in [1.165, 1.54) is 0 Å². The van der Waals surface area contributed by atoms with Gasteiger partial charge in [-0.2, -0.15) is 0 Å². The topological polar surface area (TPSA) is 54.5 Å². The van der Waals surface area contributed by atoms with Crippen molar-refractivity contribution < 1.29 is 19.1 Å². The molecule has 3 aromatic rings. The fourth-order valence-electron chi connectivity index (χ4n) is 4.33. The van der Waals surface area contributed by atoms with E-state index in [4.69, 9.17) is 14.3 Å². The fourth-order valence-corrected chi connectivity index (χ4v) is 4.33. The van der Waals surface area contributed by atoms with E-state index in [1.54, 1.807) is 24.2 Å². The van der Waals surface area contributed by atoms with Crippen LogP contribution in [0.5, 0.6) is 11.5 Å². The van der Waals surface area contributed by atoms with E-state index in [9.17, 15) is 4.79 Å². The molecule has 0 N–H and O–H groups in total. The predicted octanol–water partition coefficient (Wildman–Crippen LogP) is 4.21. The third kappa shape index (κ3) is 3.05. The fraction of sp³-hybridized carbons (Fsp3) is 0.208. The molecular weight excluding hydrogens is 394 g/mol. The standard InChI is InChI=1S/C24H23N3O4/c1-29-21-12-8-19(9-13-21)25-16-24(18-6-4-3-5-7-18)26(17-25)31-23(28)27(24)20-10-14-22(30-2)15-11-20/h3-15H,16-17H2,1-2H3/t24-/m1/s1. The maximum absolute atomic E-state index is 13.0. The lowest BCUT2D eigenvalue weighted by atomic mass is 9.97. The van der Waals surface area contributed by atoms with E-state index < -0.39 is 11.8 Å². The molecule has 2 saturated heterocycles. The van der Waals surface area contributed by atoms with Crippen LogP contribution in [0.2, 0.25) is 0 Å². The van der Waals surface area contributed by atoms with Gasteiger partial charge in [0.2, 0.25) is 0 Å². The van der Waals surface area contributed by atoms with Crippen LogP contribution in [0.4, 0.5) is 16.2 Å². The van der Waals surface area contributed by atoms with Crippen LogP contribution in [0.1, 0.15) is 5.56 Å². The Morgan fingerprint density at radius 1 is 0.806 bits per heavy atom. The second-order valence-corrected chi connectivity index (χ2v) is 7.49. The third-order valence-electron chi connectivity index (χ3n) is 5.87. The third-order valence-corrected chi connectivity index (χ3v) is 5.87. The number of anilines is 2. The van der Waals surface area contributed by atoms with Gasteiger partial charge in [0, 0.05) is 11.4 Å². The minimum absolute atomic E-state index is 0.400. The molecule has 2 fully saturated rings. The van der Waals surface area contributed by atoms with Gasteiger partial charge in [0.25, 0.3) is 0 Å². The number of hydrogen-bond acceptors (Lipinski definition) is 6. The number of carbonyl (C=O) groups excluding carboxylic acids is 1. The second kappa shape index (κ2) is 7.52. The SMILES string of the molecule is COc1ccc(N2CN3OC(=O)N(c4ccc(OC)cc4)[C@@]3(c3ccccc3)C2)cc1. The zero-order valence-corrected chi connectivity index (χ0v) is 17.4. The Morgan fingerprint density at radius 3 is 1.97 bits per heavy atom. The Labute approximate surface area is 180 Å². The summed E-state index contributed by atoms with van der Waals surface area (Å²) in [5.74, 6) is 1.53. The highest BCUT2D eigenvalue weighted by atomic mass is 16.8. The molecule has 0 radical (unpaired) electrons.